The number of carbonyl (C=O) groups is 1. The van der Waals surface area contributed by atoms with E-state index in [1.54, 1.807) is 0 Å². The Bertz CT molecular complexity index is 201. The number of nitrogens with one attached hydrogen (secondary N) is 2. The molecule has 1 heterocycles. The van der Waals surface area contributed by atoms with Crippen molar-refractivity contribution in [1.29, 1.82) is 0 Å². The summed E-state index contributed by atoms with van der Waals surface area (Å²) in [5.41, 5.74) is 0. The van der Waals surface area contributed by atoms with Gasteiger partial charge in [0.15, 0.2) is 0 Å². The highest BCUT2D eigenvalue weighted by molar-refractivity contribution is 8.00. The molecule has 1 amide bonds. The molecule has 0 aromatic heterocycles. The van der Waals surface area contributed by atoms with Gasteiger partial charge in [0.05, 0.1) is 6.54 Å². The predicted molar refractivity (Wildman–Crippen MR) is 70.9 cm³/mol. The molecule has 0 spiro atoms. The molecule has 16 heavy (non-hydrogen) atoms. The van der Waals surface area contributed by atoms with Crippen LogP contribution in [0.2, 0.25) is 0 Å². The molecule has 94 valence electrons. The van der Waals surface area contributed by atoms with Crippen LogP contribution in [0.4, 0.5) is 0 Å². The molecule has 1 fully saturated rings. The number of carbonyl (C=O) groups excluding carboxylic acids is 1. The highest BCUT2D eigenvalue weighted by atomic mass is 32.2. The van der Waals surface area contributed by atoms with Crippen LogP contribution in [0.5, 0.6) is 0 Å². The maximum absolute atomic E-state index is 11.6. The number of amides is 1. The van der Waals surface area contributed by atoms with E-state index in [1.807, 2.05) is 11.8 Å². The first kappa shape index (κ1) is 13.8. The molecule has 4 heteroatoms. The Balaban J connectivity index is 2.05. The van der Waals surface area contributed by atoms with Gasteiger partial charge in [-0.1, -0.05) is 13.8 Å². The van der Waals surface area contributed by atoms with Gasteiger partial charge in [-0.15, -0.1) is 0 Å². The normalized spacial score (nSPS) is 20.3. The molecule has 2 N–H and O–H groups in total. The average molecular weight is 244 g/mol. The predicted octanol–water partition coefficient (Wildman–Crippen LogP) is 1.78. The lowest BCUT2D eigenvalue weighted by atomic mass is 10.2. The minimum absolute atomic E-state index is 0.136. The van der Waals surface area contributed by atoms with Crippen LogP contribution in [-0.4, -0.2) is 36.0 Å². The third kappa shape index (κ3) is 5.21. The zero-order valence-electron chi connectivity index (χ0n) is 10.4. The van der Waals surface area contributed by atoms with Crippen LogP contribution >= 0.6 is 11.8 Å². The fourth-order valence-corrected chi connectivity index (χ4v) is 3.16. The quantitative estimate of drug-likeness (QED) is 0.717. The van der Waals surface area contributed by atoms with Crippen LogP contribution in [0.25, 0.3) is 0 Å². The van der Waals surface area contributed by atoms with Crippen LogP contribution in [0.1, 0.15) is 39.5 Å². The summed E-state index contributed by atoms with van der Waals surface area (Å²) in [6.07, 6.45) is 4.66. The monoisotopic (exact) mass is 244 g/mol. The molecule has 1 saturated heterocycles. The lowest BCUT2D eigenvalue weighted by Crippen LogP contribution is -2.41. The summed E-state index contributed by atoms with van der Waals surface area (Å²) in [7, 11) is 0. The van der Waals surface area contributed by atoms with E-state index < -0.39 is 0 Å². The summed E-state index contributed by atoms with van der Waals surface area (Å²) in [6, 6.07) is 0.343. The first-order valence-corrected chi connectivity index (χ1v) is 7.42. The molecular formula is C12H24N2OS. The van der Waals surface area contributed by atoms with Crippen LogP contribution in [0.15, 0.2) is 0 Å². The number of hydrogen-bond donors (Lipinski definition) is 2. The maximum atomic E-state index is 11.6. The second-order valence-corrected chi connectivity index (χ2v) is 5.76. The summed E-state index contributed by atoms with van der Waals surface area (Å²) < 4.78 is 0. The minimum atomic E-state index is 0.136. The van der Waals surface area contributed by atoms with Crippen molar-refractivity contribution in [1.82, 2.24) is 10.6 Å². The van der Waals surface area contributed by atoms with Crippen LogP contribution in [-0.2, 0) is 4.79 Å². The first-order chi connectivity index (χ1) is 7.76. The summed E-state index contributed by atoms with van der Waals surface area (Å²) in [5, 5.41) is 7.00. The molecule has 1 atom stereocenters. The van der Waals surface area contributed by atoms with E-state index in [4.69, 9.17) is 0 Å². The second-order valence-electron chi connectivity index (χ2n) is 4.35. The Hall–Kier alpha value is -0.220. The molecule has 3 nitrogen and oxygen atoms in total. The van der Waals surface area contributed by atoms with Gasteiger partial charge in [0, 0.05) is 17.8 Å². The maximum Gasteiger partial charge on any atom is 0.234 e. The highest BCUT2D eigenvalue weighted by Gasteiger charge is 2.15. The van der Waals surface area contributed by atoms with Gasteiger partial charge in [-0.3, -0.25) is 4.79 Å². The van der Waals surface area contributed by atoms with Crippen molar-refractivity contribution in [3.63, 3.8) is 0 Å². The van der Waals surface area contributed by atoms with Crippen molar-refractivity contribution in [2.45, 2.75) is 50.8 Å². The third-order valence-corrected chi connectivity index (χ3v) is 4.43. The molecule has 1 unspecified atom stereocenters. The third-order valence-electron chi connectivity index (χ3n) is 3.03. The van der Waals surface area contributed by atoms with Gasteiger partial charge in [-0.25, -0.2) is 0 Å². The Morgan fingerprint density at radius 3 is 2.75 bits per heavy atom. The minimum Gasteiger partial charge on any atom is -0.352 e. The second kappa shape index (κ2) is 7.96. The lowest BCUT2D eigenvalue weighted by Gasteiger charge is -2.15. The molecule has 0 saturated carbocycles. The van der Waals surface area contributed by atoms with E-state index in [2.05, 4.69) is 24.5 Å². The zero-order chi connectivity index (χ0) is 11.8. The first-order valence-electron chi connectivity index (χ1n) is 6.38. The van der Waals surface area contributed by atoms with Crippen LogP contribution < -0.4 is 10.6 Å². The molecule has 0 aromatic carbocycles. The van der Waals surface area contributed by atoms with Gasteiger partial charge >= 0.3 is 0 Å². The summed E-state index contributed by atoms with van der Waals surface area (Å²) in [6.45, 7) is 5.66. The Labute approximate surface area is 103 Å². The molecular weight excluding hydrogens is 220 g/mol. The number of thioether (sulfide) groups is 1. The van der Waals surface area contributed by atoms with E-state index in [0.29, 0.717) is 12.6 Å². The van der Waals surface area contributed by atoms with Gasteiger partial charge in [-0.05, 0) is 31.4 Å². The highest BCUT2D eigenvalue weighted by Crippen LogP contribution is 2.24. The topological polar surface area (TPSA) is 41.1 Å². The van der Waals surface area contributed by atoms with Gasteiger partial charge < -0.3 is 10.6 Å². The Kier molecular flexibility index (Phi) is 6.88. The van der Waals surface area contributed by atoms with E-state index in [1.165, 1.54) is 18.6 Å². The number of hydrogen-bond acceptors (Lipinski definition) is 3. The number of rotatable bonds is 7. The fraction of sp³-hybridized carbons (Fsp3) is 0.917. The van der Waals surface area contributed by atoms with Crippen molar-refractivity contribution < 1.29 is 4.79 Å². The van der Waals surface area contributed by atoms with E-state index in [0.717, 1.165) is 24.6 Å². The van der Waals surface area contributed by atoms with Gasteiger partial charge in [0.1, 0.15) is 0 Å². The van der Waals surface area contributed by atoms with Crippen molar-refractivity contribution in [3.8, 4) is 0 Å². The van der Waals surface area contributed by atoms with Gasteiger partial charge in [-0.2, -0.15) is 11.8 Å². The summed E-state index contributed by atoms with van der Waals surface area (Å²) in [5.74, 6) is 1.42. The Morgan fingerprint density at radius 2 is 2.19 bits per heavy atom. The molecule has 1 aliphatic rings. The SMILES string of the molecule is CCC(CC)NC(=O)CNCC1CCCS1. The van der Waals surface area contributed by atoms with Gasteiger partial charge in [0.2, 0.25) is 5.91 Å². The molecule has 0 radical (unpaired) electrons. The zero-order valence-corrected chi connectivity index (χ0v) is 11.2. The van der Waals surface area contributed by atoms with Crippen LogP contribution in [0.3, 0.4) is 0 Å². The molecule has 0 bridgehead atoms. The van der Waals surface area contributed by atoms with Crippen molar-refractivity contribution in [2.75, 3.05) is 18.8 Å². The standard InChI is InChI=1S/C12H24N2OS/c1-3-10(4-2)14-12(15)9-13-8-11-6-5-7-16-11/h10-11,13H,3-9H2,1-2H3,(H,14,15). The van der Waals surface area contributed by atoms with Gasteiger partial charge in [0.25, 0.3) is 0 Å². The molecule has 1 aliphatic heterocycles. The molecule has 1 rings (SSSR count). The lowest BCUT2D eigenvalue weighted by molar-refractivity contribution is -0.121. The summed E-state index contributed by atoms with van der Waals surface area (Å²) >= 11 is 2.02. The largest absolute Gasteiger partial charge is 0.352 e. The average Bonchev–Trinajstić information content (AvgIpc) is 2.79. The molecule has 0 aromatic rings. The molecule has 0 aliphatic carbocycles. The van der Waals surface area contributed by atoms with Crippen LogP contribution in [0, 0.1) is 0 Å². The smallest absolute Gasteiger partial charge is 0.234 e. The van der Waals surface area contributed by atoms with E-state index in [-0.39, 0.29) is 5.91 Å². The van der Waals surface area contributed by atoms with Crippen molar-refractivity contribution >= 4 is 17.7 Å². The van der Waals surface area contributed by atoms with Crippen molar-refractivity contribution in [3.05, 3.63) is 0 Å². The fourth-order valence-electron chi connectivity index (χ4n) is 1.92. The van der Waals surface area contributed by atoms with E-state index in [9.17, 15) is 4.79 Å². The van der Waals surface area contributed by atoms with E-state index >= 15 is 0 Å². The van der Waals surface area contributed by atoms with Crippen molar-refractivity contribution in [2.24, 2.45) is 0 Å². The Morgan fingerprint density at radius 1 is 1.44 bits per heavy atom. The summed E-state index contributed by atoms with van der Waals surface area (Å²) in [4.78, 5) is 11.6.